The lowest BCUT2D eigenvalue weighted by Crippen LogP contribution is -2.61. The zero-order valence-electron chi connectivity index (χ0n) is 10.7. The van der Waals surface area contributed by atoms with Gasteiger partial charge in [0.25, 0.3) is 0 Å². The number of rotatable bonds is 6. The van der Waals surface area contributed by atoms with Crippen LogP contribution in [0.25, 0.3) is 0 Å². The minimum Gasteiger partial charge on any atom is -0.480 e. The molecule has 100 valence electrons. The van der Waals surface area contributed by atoms with Gasteiger partial charge in [-0.15, -0.1) is 0 Å². The van der Waals surface area contributed by atoms with Crippen molar-refractivity contribution in [2.75, 3.05) is 19.7 Å². The molecular weight excluding hydrogens is 236 g/mol. The number of hydrogen-bond donors (Lipinski definition) is 1. The van der Waals surface area contributed by atoms with Gasteiger partial charge in [0.15, 0.2) is 0 Å². The third kappa shape index (κ3) is 2.85. The number of hydrogen-bond acceptors (Lipinski definition) is 5. The normalized spacial score (nSPS) is 18.6. The Bertz CT molecular complexity index is 426. The Hall–Kier alpha value is -1.47. The van der Waals surface area contributed by atoms with Crippen molar-refractivity contribution in [1.29, 1.82) is 0 Å². The Morgan fingerprint density at radius 2 is 2.33 bits per heavy atom. The van der Waals surface area contributed by atoms with E-state index in [4.69, 9.17) is 9.84 Å². The Kier molecular flexibility index (Phi) is 3.63. The number of ether oxygens (including phenoxy) is 1. The molecule has 18 heavy (non-hydrogen) atoms. The van der Waals surface area contributed by atoms with Crippen LogP contribution in [0.4, 0.5) is 0 Å². The molecule has 7 heteroatoms. The third-order valence-electron chi connectivity index (χ3n) is 3.02. The minimum absolute atomic E-state index is 0.241. The maximum absolute atomic E-state index is 10.4. The van der Waals surface area contributed by atoms with Gasteiger partial charge in [-0.3, -0.25) is 4.90 Å². The van der Waals surface area contributed by atoms with Gasteiger partial charge < -0.3 is 9.84 Å². The summed E-state index contributed by atoms with van der Waals surface area (Å²) in [5.41, 5.74) is -0.352. The van der Waals surface area contributed by atoms with Crippen molar-refractivity contribution in [2.24, 2.45) is 0 Å². The average Bonchev–Trinajstić information content (AvgIpc) is 2.71. The van der Waals surface area contributed by atoms with E-state index in [0.29, 0.717) is 0 Å². The van der Waals surface area contributed by atoms with Gasteiger partial charge in [0, 0.05) is 19.6 Å². The number of aryl methyl sites for hydroxylation is 1. The molecule has 1 saturated heterocycles. The first-order chi connectivity index (χ1) is 8.52. The molecule has 1 aromatic heterocycles. The van der Waals surface area contributed by atoms with Gasteiger partial charge in [-0.25, -0.2) is 14.5 Å². The van der Waals surface area contributed by atoms with E-state index in [1.54, 1.807) is 6.33 Å². The number of nitrogens with zero attached hydrogens (tertiary/aromatic N) is 4. The molecule has 0 saturated carbocycles. The summed E-state index contributed by atoms with van der Waals surface area (Å²) in [7, 11) is 0. The smallest absolute Gasteiger partial charge is 0.329 e. The molecule has 0 atom stereocenters. The average molecular weight is 254 g/mol. The summed E-state index contributed by atoms with van der Waals surface area (Å²) in [5.74, 6) is -0.00168. The molecule has 0 bridgehead atoms. The van der Waals surface area contributed by atoms with Crippen molar-refractivity contribution in [2.45, 2.75) is 32.5 Å². The summed E-state index contributed by atoms with van der Waals surface area (Å²) in [6, 6.07) is 0. The van der Waals surface area contributed by atoms with Gasteiger partial charge in [0.2, 0.25) is 0 Å². The van der Waals surface area contributed by atoms with Crippen LogP contribution in [0.15, 0.2) is 6.33 Å². The van der Waals surface area contributed by atoms with E-state index in [1.807, 2.05) is 18.5 Å². The van der Waals surface area contributed by atoms with Crippen LogP contribution in [0.3, 0.4) is 0 Å². The molecule has 2 heterocycles. The van der Waals surface area contributed by atoms with E-state index in [1.165, 1.54) is 0 Å². The van der Waals surface area contributed by atoms with Crippen LogP contribution >= 0.6 is 0 Å². The first kappa shape index (κ1) is 13.0. The monoisotopic (exact) mass is 254 g/mol. The highest BCUT2D eigenvalue weighted by atomic mass is 16.5. The number of aliphatic carboxylic acids is 1. The van der Waals surface area contributed by atoms with Crippen LogP contribution in [0.5, 0.6) is 0 Å². The first-order valence-electron chi connectivity index (χ1n) is 5.97. The Morgan fingerprint density at radius 3 is 2.94 bits per heavy atom. The van der Waals surface area contributed by atoms with Crippen LogP contribution in [0.1, 0.15) is 19.7 Å². The molecule has 7 nitrogen and oxygen atoms in total. The summed E-state index contributed by atoms with van der Waals surface area (Å²) >= 11 is 0. The van der Waals surface area contributed by atoms with Crippen LogP contribution in [0, 0.1) is 0 Å². The first-order valence-corrected chi connectivity index (χ1v) is 5.97. The fourth-order valence-corrected chi connectivity index (χ4v) is 2.21. The number of aromatic nitrogens is 3. The van der Waals surface area contributed by atoms with Gasteiger partial charge >= 0.3 is 5.97 Å². The molecule has 2 rings (SSSR count). The lowest BCUT2D eigenvalue weighted by atomic mass is 9.96. The molecule has 1 aliphatic heterocycles. The fraction of sp³-hybridized carbons (Fsp3) is 0.727. The summed E-state index contributed by atoms with van der Waals surface area (Å²) in [5, 5.41) is 12.7. The second-order valence-corrected chi connectivity index (χ2v) is 4.77. The fourth-order valence-electron chi connectivity index (χ4n) is 2.21. The standard InChI is InChI=1S/C11H18N4O3/c1-3-15-9(12-8-13-15)4-14-6-11(2,7-14)18-5-10(16)17/h8H,3-7H2,1-2H3,(H,16,17). The van der Waals surface area contributed by atoms with Crippen molar-refractivity contribution in [3.05, 3.63) is 12.2 Å². The lowest BCUT2D eigenvalue weighted by Gasteiger charge is -2.47. The highest BCUT2D eigenvalue weighted by Crippen LogP contribution is 2.25. The third-order valence-corrected chi connectivity index (χ3v) is 3.02. The molecule has 1 fully saturated rings. The van der Waals surface area contributed by atoms with E-state index in [0.717, 1.165) is 32.0 Å². The zero-order chi connectivity index (χ0) is 13.2. The van der Waals surface area contributed by atoms with Crippen LogP contribution in [-0.4, -0.2) is 56.0 Å². The van der Waals surface area contributed by atoms with E-state index in [9.17, 15) is 4.79 Å². The molecule has 0 unspecified atom stereocenters. The summed E-state index contributed by atoms with van der Waals surface area (Å²) < 4.78 is 7.20. The number of carbonyl (C=O) groups is 1. The topological polar surface area (TPSA) is 80.5 Å². The van der Waals surface area contributed by atoms with Crippen LogP contribution < -0.4 is 0 Å². The molecule has 0 radical (unpaired) electrons. The Morgan fingerprint density at radius 1 is 1.61 bits per heavy atom. The van der Waals surface area contributed by atoms with Crippen molar-refractivity contribution < 1.29 is 14.6 Å². The number of carboxylic acid groups (broad SMARTS) is 1. The Balaban J connectivity index is 1.80. The molecule has 1 N–H and O–H groups in total. The number of likely N-dealkylation sites (tertiary alicyclic amines) is 1. The van der Waals surface area contributed by atoms with Gasteiger partial charge in [0.05, 0.1) is 12.1 Å². The van der Waals surface area contributed by atoms with E-state index >= 15 is 0 Å². The van der Waals surface area contributed by atoms with Gasteiger partial charge in [-0.1, -0.05) is 0 Å². The van der Waals surface area contributed by atoms with Gasteiger partial charge in [0.1, 0.15) is 18.8 Å². The Labute approximate surface area is 105 Å². The maximum Gasteiger partial charge on any atom is 0.329 e. The number of carboxylic acids is 1. The highest BCUT2D eigenvalue weighted by molar-refractivity contribution is 5.68. The summed E-state index contributed by atoms with van der Waals surface area (Å²) in [4.78, 5) is 16.8. The minimum atomic E-state index is -0.930. The van der Waals surface area contributed by atoms with Crippen molar-refractivity contribution in [1.82, 2.24) is 19.7 Å². The predicted octanol–water partition coefficient (Wildman–Crippen LogP) is -0.0265. The second-order valence-electron chi connectivity index (χ2n) is 4.77. The SMILES string of the molecule is CCn1ncnc1CN1CC(C)(OCC(=O)O)C1. The largest absolute Gasteiger partial charge is 0.480 e. The van der Waals surface area contributed by atoms with Crippen molar-refractivity contribution in [3.63, 3.8) is 0 Å². The molecule has 0 aromatic carbocycles. The molecular formula is C11H18N4O3. The molecule has 1 aliphatic rings. The lowest BCUT2D eigenvalue weighted by molar-refractivity contribution is -0.166. The van der Waals surface area contributed by atoms with Crippen LogP contribution in [-0.2, 0) is 22.6 Å². The molecule has 0 spiro atoms. The quantitative estimate of drug-likeness (QED) is 0.768. The molecule has 0 aliphatic carbocycles. The predicted molar refractivity (Wildman–Crippen MR) is 63.0 cm³/mol. The van der Waals surface area contributed by atoms with Crippen molar-refractivity contribution in [3.8, 4) is 0 Å². The van der Waals surface area contributed by atoms with E-state index < -0.39 is 5.97 Å². The van der Waals surface area contributed by atoms with E-state index in [-0.39, 0.29) is 12.2 Å². The highest BCUT2D eigenvalue weighted by Gasteiger charge is 2.40. The van der Waals surface area contributed by atoms with E-state index in [2.05, 4.69) is 15.0 Å². The van der Waals surface area contributed by atoms with Crippen LogP contribution in [0.2, 0.25) is 0 Å². The molecule has 1 aromatic rings. The molecule has 0 amide bonds. The summed E-state index contributed by atoms with van der Waals surface area (Å²) in [6.45, 7) is 6.67. The van der Waals surface area contributed by atoms with Gasteiger partial charge in [-0.2, -0.15) is 5.10 Å². The zero-order valence-corrected chi connectivity index (χ0v) is 10.7. The summed E-state index contributed by atoms with van der Waals surface area (Å²) in [6.07, 6.45) is 1.55. The van der Waals surface area contributed by atoms with Crippen molar-refractivity contribution >= 4 is 5.97 Å². The van der Waals surface area contributed by atoms with Gasteiger partial charge in [-0.05, 0) is 13.8 Å². The maximum atomic E-state index is 10.4. The second kappa shape index (κ2) is 5.03.